The molecule has 0 aliphatic heterocycles. The molecule has 0 heterocycles. The standard InChI is InChI=1S/C31H62O2/c1-5-8-11-13-15-17-18-19-21-23-25-29(4)31(32)33-28-30(26-10-7-3)27-24-22-20-16-14-12-9-6-2/h29-30H,5-28H2,1-4H3. The molecule has 2 atom stereocenters. The van der Waals surface area contributed by atoms with Gasteiger partial charge in [0.25, 0.3) is 0 Å². The number of carbonyl (C=O) groups excluding carboxylic acids is 1. The SMILES string of the molecule is CCCCCCCCCCCCC(C)C(=O)OCC(CCCC)CCCCCCCCCC. The fraction of sp³-hybridized carbons (Fsp3) is 0.968. The largest absolute Gasteiger partial charge is 0.465 e. The number of ether oxygens (including phenoxy) is 1. The van der Waals surface area contributed by atoms with Crippen molar-refractivity contribution in [1.29, 1.82) is 0 Å². The molecule has 0 aliphatic carbocycles. The van der Waals surface area contributed by atoms with E-state index >= 15 is 0 Å². The van der Waals surface area contributed by atoms with E-state index in [2.05, 4.69) is 27.7 Å². The van der Waals surface area contributed by atoms with Crippen molar-refractivity contribution in [3.63, 3.8) is 0 Å². The summed E-state index contributed by atoms with van der Waals surface area (Å²) >= 11 is 0. The molecule has 0 radical (unpaired) electrons. The van der Waals surface area contributed by atoms with Crippen LogP contribution in [0.1, 0.15) is 175 Å². The summed E-state index contributed by atoms with van der Waals surface area (Å²) in [6, 6.07) is 0. The van der Waals surface area contributed by atoms with Crippen molar-refractivity contribution in [3.05, 3.63) is 0 Å². The highest BCUT2D eigenvalue weighted by atomic mass is 16.5. The zero-order valence-corrected chi connectivity index (χ0v) is 23.4. The molecule has 0 fully saturated rings. The van der Waals surface area contributed by atoms with Crippen LogP contribution in [0.3, 0.4) is 0 Å². The van der Waals surface area contributed by atoms with Gasteiger partial charge in [0, 0.05) is 0 Å². The van der Waals surface area contributed by atoms with E-state index in [0.29, 0.717) is 12.5 Å². The van der Waals surface area contributed by atoms with Gasteiger partial charge in [0.2, 0.25) is 0 Å². The second-order valence-electron chi connectivity index (χ2n) is 10.8. The smallest absolute Gasteiger partial charge is 0.308 e. The Morgan fingerprint density at radius 1 is 0.515 bits per heavy atom. The van der Waals surface area contributed by atoms with Crippen molar-refractivity contribution >= 4 is 5.97 Å². The molecule has 0 bridgehead atoms. The molecule has 2 unspecified atom stereocenters. The number of unbranched alkanes of at least 4 members (excludes halogenated alkanes) is 17. The highest BCUT2D eigenvalue weighted by Crippen LogP contribution is 2.20. The molecule has 2 heteroatoms. The van der Waals surface area contributed by atoms with Crippen LogP contribution in [0.25, 0.3) is 0 Å². The number of esters is 1. The van der Waals surface area contributed by atoms with Crippen molar-refractivity contribution < 1.29 is 9.53 Å². The third-order valence-corrected chi connectivity index (χ3v) is 7.29. The number of hydrogen-bond donors (Lipinski definition) is 0. The molecule has 0 spiro atoms. The second-order valence-corrected chi connectivity index (χ2v) is 10.8. The van der Waals surface area contributed by atoms with Crippen molar-refractivity contribution in [1.82, 2.24) is 0 Å². The molecule has 33 heavy (non-hydrogen) atoms. The topological polar surface area (TPSA) is 26.3 Å². The molecule has 0 amide bonds. The van der Waals surface area contributed by atoms with Crippen LogP contribution < -0.4 is 0 Å². The van der Waals surface area contributed by atoms with Crippen molar-refractivity contribution in [2.24, 2.45) is 11.8 Å². The molecule has 0 aromatic carbocycles. The monoisotopic (exact) mass is 466 g/mol. The van der Waals surface area contributed by atoms with Crippen LogP contribution in [-0.4, -0.2) is 12.6 Å². The molecule has 0 saturated heterocycles. The Balaban J connectivity index is 3.82. The Kier molecular flexibility index (Phi) is 25.7. The first-order chi connectivity index (χ1) is 16.2. The summed E-state index contributed by atoms with van der Waals surface area (Å²) in [7, 11) is 0. The van der Waals surface area contributed by atoms with E-state index in [1.165, 1.54) is 141 Å². The van der Waals surface area contributed by atoms with Crippen LogP contribution in [0.5, 0.6) is 0 Å². The molecule has 0 rings (SSSR count). The van der Waals surface area contributed by atoms with E-state index in [1.807, 2.05) is 0 Å². The van der Waals surface area contributed by atoms with Gasteiger partial charge < -0.3 is 4.74 Å². The van der Waals surface area contributed by atoms with E-state index in [4.69, 9.17) is 4.74 Å². The second kappa shape index (κ2) is 26.1. The maximum atomic E-state index is 12.5. The van der Waals surface area contributed by atoms with Gasteiger partial charge in [0.1, 0.15) is 0 Å². The van der Waals surface area contributed by atoms with Gasteiger partial charge in [0.05, 0.1) is 12.5 Å². The molecule has 0 aromatic rings. The lowest BCUT2D eigenvalue weighted by Crippen LogP contribution is -2.19. The Morgan fingerprint density at radius 3 is 1.33 bits per heavy atom. The normalized spacial score (nSPS) is 13.2. The van der Waals surface area contributed by atoms with E-state index in [0.717, 1.165) is 6.42 Å². The number of rotatable bonds is 26. The molecule has 0 aliphatic rings. The molecule has 0 N–H and O–H groups in total. The molecule has 0 aromatic heterocycles. The number of carbonyl (C=O) groups is 1. The van der Waals surface area contributed by atoms with Gasteiger partial charge in [-0.05, 0) is 25.2 Å². The van der Waals surface area contributed by atoms with Crippen LogP contribution in [0.4, 0.5) is 0 Å². The Hall–Kier alpha value is -0.530. The first kappa shape index (κ1) is 32.5. The zero-order valence-electron chi connectivity index (χ0n) is 23.4. The van der Waals surface area contributed by atoms with Crippen LogP contribution in [0.15, 0.2) is 0 Å². The Bertz CT molecular complexity index is 392. The molecular weight excluding hydrogens is 404 g/mol. The summed E-state index contributed by atoms with van der Waals surface area (Å²) in [6.45, 7) is 9.53. The summed E-state index contributed by atoms with van der Waals surface area (Å²) in [5.41, 5.74) is 0. The van der Waals surface area contributed by atoms with E-state index in [9.17, 15) is 4.79 Å². The molecule has 198 valence electrons. The summed E-state index contributed by atoms with van der Waals surface area (Å²) in [6.07, 6.45) is 30.3. The van der Waals surface area contributed by atoms with Gasteiger partial charge in [-0.3, -0.25) is 4.79 Å². The van der Waals surface area contributed by atoms with Gasteiger partial charge in [-0.2, -0.15) is 0 Å². The number of hydrogen-bond acceptors (Lipinski definition) is 2. The van der Waals surface area contributed by atoms with Crippen molar-refractivity contribution in [3.8, 4) is 0 Å². The molecule has 0 saturated carbocycles. The lowest BCUT2D eigenvalue weighted by atomic mass is 9.95. The highest BCUT2D eigenvalue weighted by molar-refractivity contribution is 5.71. The first-order valence-electron chi connectivity index (χ1n) is 15.3. The lowest BCUT2D eigenvalue weighted by Gasteiger charge is -2.18. The quantitative estimate of drug-likeness (QED) is 0.0935. The first-order valence-corrected chi connectivity index (χ1v) is 15.3. The minimum Gasteiger partial charge on any atom is -0.465 e. The molecule has 2 nitrogen and oxygen atoms in total. The predicted molar refractivity (Wildman–Crippen MR) is 147 cm³/mol. The Morgan fingerprint density at radius 2 is 0.879 bits per heavy atom. The highest BCUT2D eigenvalue weighted by Gasteiger charge is 2.17. The van der Waals surface area contributed by atoms with Crippen LogP contribution in [0.2, 0.25) is 0 Å². The van der Waals surface area contributed by atoms with Crippen LogP contribution in [0, 0.1) is 11.8 Å². The van der Waals surface area contributed by atoms with E-state index < -0.39 is 0 Å². The average Bonchev–Trinajstić information content (AvgIpc) is 2.82. The van der Waals surface area contributed by atoms with Crippen LogP contribution >= 0.6 is 0 Å². The lowest BCUT2D eigenvalue weighted by molar-refractivity contribution is -0.149. The van der Waals surface area contributed by atoms with Gasteiger partial charge in [0.15, 0.2) is 0 Å². The third kappa shape index (κ3) is 23.0. The third-order valence-electron chi connectivity index (χ3n) is 7.29. The van der Waals surface area contributed by atoms with Gasteiger partial charge in [-0.1, -0.05) is 156 Å². The predicted octanol–water partition coefficient (Wildman–Crippen LogP) is 10.8. The average molecular weight is 467 g/mol. The van der Waals surface area contributed by atoms with E-state index in [1.54, 1.807) is 0 Å². The van der Waals surface area contributed by atoms with Crippen LogP contribution in [-0.2, 0) is 9.53 Å². The fourth-order valence-electron chi connectivity index (χ4n) is 4.77. The minimum absolute atomic E-state index is 0.0448. The summed E-state index contributed by atoms with van der Waals surface area (Å²) in [4.78, 5) is 12.5. The van der Waals surface area contributed by atoms with Gasteiger partial charge >= 0.3 is 5.97 Å². The fourth-order valence-corrected chi connectivity index (χ4v) is 4.77. The summed E-state index contributed by atoms with van der Waals surface area (Å²) < 4.78 is 5.79. The maximum absolute atomic E-state index is 12.5. The van der Waals surface area contributed by atoms with E-state index in [-0.39, 0.29) is 11.9 Å². The maximum Gasteiger partial charge on any atom is 0.308 e. The van der Waals surface area contributed by atoms with Gasteiger partial charge in [-0.25, -0.2) is 0 Å². The summed E-state index contributed by atoms with van der Waals surface area (Å²) in [5.74, 6) is 0.677. The van der Waals surface area contributed by atoms with Crippen molar-refractivity contribution in [2.75, 3.05) is 6.61 Å². The van der Waals surface area contributed by atoms with Gasteiger partial charge in [-0.15, -0.1) is 0 Å². The minimum atomic E-state index is 0.0448. The van der Waals surface area contributed by atoms with Crippen molar-refractivity contribution in [2.45, 2.75) is 175 Å². The summed E-state index contributed by atoms with van der Waals surface area (Å²) in [5, 5.41) is 0. The zero-order chi connectivity index (χ0) is 24.4. The molecular formula is C31H62O2. The Labute approximate surface area is 209 Å².